The van der Waals surface area contributed by atoms with Crippen LogP contribution in [0.3, 0.4) is 0 Å². The molecule has 0 spiro atoms. The molecule has 20 heavy (non-hydrogen) atoms. The van der Waals surface area contributed by atoms with E-state index in [9.17, 15) is 4.79 Å². The van der Waals surface area contributed by atoms with Crippen LogP contribution in [0.25, 0.3) is 0 Å². The summed E-state index contributed by atoms with van der Waals surface area (Å²) < 4.78 is 0. The van der Waals surface area contributed by atoms with E-state index in [1.807, 2.05) is 6.92 Å². The van der Waals surface area contributed by atoms with Crippen molar-refractivity contribution in [1.82, 2.24) is 15.6 Å². The molecule has 1 unspecified atom stereocenters. The molecule has 1 atom stereocenters. The highest BCUT2D eigenvalue weighted by atomic mass is 32.1. The van der Waals surface area contributed by atoms with E-state index in [1.165, 1.54) is 11.3 Å². The number of carbonyl (C=O) groups excluding carboxylic acids is 1. The molecule has 2 rings (SSSR count). The van der Waals surface area contributed by atoms with Crippen LogP contribution in [-0.2, 0) is 0 Å². The fraction of sp³-hybridized carbons (Fsp3) is 0.538. The Bertz CT molecular complexity index is 481. The predicted octanol–water partition coefficient (Wildman–Crippen LogP) is 0.829. The molecule has 0 radical (unpaired) electrons. The second-order valence-electron chi connectivity index (χ2n) is 4.85. The molecule has 1 saturated heterocycles. The lowest BCUT2D eigenvalue weighted by Crippen LogP contribution is -2.43. The molecule has 1 amide bonds. The lowest BCUT2D eigenvalue weighted by atomic mass is 10.2. The molecule has 6 nitrogen and oxygen atoms in total. The molecule has 1 aromatic rings. The lowest BCUT2D eigenvalue weighted by Gasteiger charge is -2.26. The Morgan fingerprint density at radius 1 is 1.65 bits per heavy atom. The van der Waals surface area contributed by atoms with Crippen LogP contribution in [-0.4, -0.2) is 43.1 Å². The third kappa shape index (κ3) is 3.49. The van der Waals surface area contributed by atoms with Crippen molar-refractivity contribution in [3.8, 4) is 0 Å². The first-order valence-electron chi connectivity index (χ1n) is 6.75. The Kier molecular flexibility index (Phi) is 4.97. The number of carbonyl (C=O) groups is 1. The molecule has 1 fully saturated rings. The van der Waals surface area contributed by atoms with Crippen LogP contribution in [0.15, 0.2) is 12.7 Å². The average Bonchev–Trinajstić information content (AvgIpc) is 2.82. The van der Waals surface area contributed by atoms with Crippen LogP contribution in [0, 0.1) is 0 Å². The number of rotatable bonds is 5. The van der Waals surface area contributed by atoms with E-state index in [4.69, 9.17) is 5.73 Å². The van der Waals surface area contributed by atoms with Gasteiger partial charge in [0.2, 0.25) is 0 Å². The Hall–Kier alpha value is -1.60. The summed E-state index contributed by atoms with van der Waals surface area (Å²) in [5.74, 6) is 0.155. The summed E-state index contributed by atoms with van der Waals surface area (Å²) in [7, 11) is 0. The molecule has 0 bridgehead atoms. The second-order valence-corrected chi connectivity index (χ2v) is 5.82. The van der Waals surface area contributed by atoms with Crippen LogP contribution >= 0.6 is 11.3 Å². The van der Waals surface area contributed by atoms with E-state index < -0.39 is 0 Å². The highest BCUT2D eigenvalue weighted by Crippen LogP contribution is 2.28. The highest BCUT2D eigenvalue weighted by molar-refractivity contribution is 7.18. The number of hydrogen-bond donors (Lipinski definition) is 3. The third-order valence-electron chi connectivity index (χ3n) is 3.13. The van der Waals surface area contributed by atoms with Gasteiger partial charge in [-0.1, -0.05) is 17.4 Å². The maximum Gasteiger partial charge on any atom is 0.265 e. The maximum atomic E-state index is 12.2. The highest BCUT2D eigenvalue weighted by Gasteiger charge is 2.21. The molecule has 4 N–H and O–H groups in total. The minimum Gasteiger partial charge on any atom is -0.382 e. The monoisotopic (exact) mass is 295 g/mol. The van der Waals surface area contributed by atoms with Gasteiger partial charge >= 0.3 is 0 Å². The maximum absolute atomic E-state index is 12.2. The number of nitrogens with zero attached hydrogens (tertiary/aromatic N) is 2. The van der Waals surface area contributed by atoms with Gasteiger partial charge in [0.1, 0.15) is 10.7 Å². The number of thiazole rings is 1. The van der Waals surface area contributed by atoms with Crippen LogP contribution in [0.1, 0.15) is 23.0 Å². The number of nitrogens with one attached hydrogen (secondary N) is 2. The largest absolute Gasteiger partial charge is 0.382 e. The van der Waals surface area contributed by atoms with Crippen LogP contribution in [0.2, 0.25) is 0 Å². The fourth-order valence-electron chi connectivity index (χ4n) is 2.07. The van der Waals surface area contributed by atoms with Gasteiger partial charge in [-0.15, -0.1) is 6.58 Å². The van der Waals surface area contributed by atoms with Gasteiger partial charge in [0.15, 0.2) is 5.13 Å². The van der Waals surface area contributed by atoms with Crippen LogP contribution in [0.4, 0.5) is 10.9 Å². The third-order valence-corrected chi connectivity index (χ3v) is 4.26. The quantitative estimate of drug-likeness (QED) is 0.701. The zero-order valence-corrected chi connectivity index (χ0v) is 12.5. The molecule has 1 aliphatic heterocycles. The molecule has 0 aliphatic carbocycles. The van der Waals surface area contributed by atoms with Crippen molar-refractivity contribution < 1.29 is 4.79 Å². The Morgan fingerprint density at radius 3 is 3.00 bits per heavy atom. The number of nitrogens with two attached hydrogens (primary N) is 1. The molecule has 110 valence electrons. The van der Waals surface area contributed by atoms with Crippen molar-refractivity contribution in [3.05, 3.63) is 17.5 Å². The van der Waals surface area contributed by atoms with Crippen molar-refractivity contribution in [2.24, 2.45) is 0 Å². The van der Waals surface area contributed by atoms with Crippen molar-refractivity contribution in [2.75, 3.05) is 36.8 Å². The SMILES string of the molecule is C=CCC(C)NC(=O)c1sc(N2CCNCC2)nc1N. The molecule has 0 aromatic carbocycles. The lowest BCUT2D eigenvalue weighted by molar-refractivity contribution is 0.0945. The first kappa shape index (κ1) is 14.8. The summed E-state index contributed by atoms with van der Waals surface area (Å²) in [6.45, 7) is 9.24. The minimum absolute atomic E-state index is 0.0455. The smallest absolute Gasteiger partial charge is 0.265 e. The van der Waals surface area contributed by atoms with E-state index in [0.29, 0.717) is 10.7 Å². The number of amides is 1. The first-order valence-corrected chi connectivity index (χ1v) is 7.57. The van der Waals surface area contributed by atoms with Gasteiger partial charge in [0.05, 0.1) is 0 Å². The number of hydrogen-bond acceptors (Lipinski definition) is 6. The van der Waals surface area contributed by atoms with Gasteiger partial charge < -0.3 is 21.3 Å². The minimum atomic E-state index is -0.157. The van der Waals surface area contributed by atoms with Gasteiger partial charge in [-0.2, -0.15) is 0 Å². The zero-order valence-electron chi connectivity index (χ0n) is 11.7. The summed E-state index contributed by atoms with van der Waals surface area (Å²) in [5.41, 5.74) is 5.87. The van der Waals surface area contributed by atoms with E-state index in [1.54, 1.807) is 6.08 Å². The normalized spacial score (nSPS) is 16.8. The Morgan fingerprint density at radius 2 is 2.35 bits per heavy atom. The van der Waals surface area contributed by atoms with Gasteiger partial charge in [0, 0.05) is 32.2 Å². The summed E-state index contributed by atoms with van der Waals surface area (Å²) in [4.78, 5) is 19.1. The Balaban J connectivity index is 2.06. The van der Waals surface area contributed by atoms with Crippen LogP contribution in [0.5, 0.6) is 0 Å². The van der Waals surface area contributed by atoms with Crippen LogP contribution < -0.4 is 21.3 Å². The van der Waals surface area contributed by atoms with Gasteiger partial charge in [-0.05, 0) is 13.3 Å². The average molecular weight is 295 g/mol. The second kappa shape index (κ2) is 6.71. The molecular formula is C13H21N5OS. The van der Waals surface area contributed by atoms with Gasteiger partial charge in [-0.3, -0.25) is 4.79 Å². The summed E-state index contributed by atoms with van der Waals surface area (Å²) in [5, 5.41) is 7.01. The summed E-state index contributed by atoms with van der Waals surface area (Å²) in [6.07, 6.45) is 2.52. The van der Waals surface area contributed by atoms with E-state index in [-0.39, 0.29) is 11.9 Å². The standard InChI is InChI=1S/C13H21N5OS/c1-3-4-9(2)16-12(19)10-11(14)17-13(20-10)18-7-5-15-6-8-18/h3,9,15H,1,4-8,14H2,2H3,(H,16,19). The molecular weight excluding hydrogens is 274 g/mol. The molecule has 0 saturated carbocycles. The van der Waals surface area contributed by atoms with Gasteiger partial charge in [0.25, 0.3) is 5.91 Å². The van der Waals surface area contributed by atoms with Crippen molar-refractivity contribution >= 4 is 28.2 Å². The molecule has 1 aliphatic rings. The summed E-state index contributed by atoms with van der Waals surface area (Å²) in [6, 6.07) is 0.0455. The van der Waals surface area contributed by atoms with Crippen molar-refractivity contribution in [2.45, 2.75) is 19.4 Å². The van der Waals surface area contributed by atoms with Gasteiger partial charge in [-0.25, -0.2) is 4.98 Å². The predicted molar refractivity (Wildman–Crippen MR) is 83.4 cm³/mol. The number of nitrogen functional groups attached to an aromatic ring is 1. The fourth-order valence-corrected chi connectivity index (χ4v) is 3.01. The number of anilines is 2. The van der Waals surface area contributed by atoms with Crippen molar-refractivity contribution in [1.29, 1.82) is 0 Å². The topological polar surface area (TPSA) is 83.3 Å². The molecule has 1 aromatic heterocycles. The van der Waals surface area contributed by atoms with E-state index in [2.05, 4.69) is 27.1 Å². The van der Waals surface area contributed by atoms with E-state index in [0.717, 1.165) is 37.7 Å². The van der Waals surface area contributed by atoms with Crippen molar-refractivity contribution in [3.63, 3.8) is 0 Å². The summed E-state index contributed by atoms with van der Waals surface area (Å²) >= 11 is 1.36. The first-order chi connectivity index (χ1) is 9.61. The van der Waals surface area contributed by atoms with E-state index >= 15 is 0 Å². The number of piperazine rings is 1. The zero-order chi connectivity index (χ0) is 14.5. The molecule has 7 heteroatoms. The Labute approximate surface area is 123 Å². The number of aromatic nitrogens is 1. The molecule has 2 heterocycles.